The predicted octanol–water partition coefficient (Wildman–Crippen LogP) is 2.37. The van der Waals surface area contributed by atoms with Gasteiger partial charge < -0.3 is 10.3 Å². The molecule has 0 radical (unpaired) electrons. The van der Waals surface area contributed by atoms with Gasteiger partial charge in [-0.25, -0.2) is 0 Å². The van der Waals surface area contributed by atoms with Crippen molar-refractivity contribution in [3.8, 4) is 0 Å². The summed E-state index contributed by atoms with van der Waals surface area (Å²) in [7, 11) is 1.87. The molecule has 1 amide bonds. The quantitative estimate of drug-likeness (QED) is 0.851. The minimum Gasteiger partial charge on any atom is -0.354 e. The van der Waals surface area contributed by atoms with E-state index in [1.54, 1.807) is 24.7 Å². The van der Waals surface area contributed by atoms with Crippen LogP contribution in [-0.4, -0.2) is 26.5 Å². The number of hydrogen-bond acceptors (Lipinski definition) is 3. The largest absolute Gasteiger partial charge is 0.354 e. The summed E-state index contributed by atoms with van der Waals surface area (Å²) >= 11 is 0. The Kier molecular flexibility index (Phi) is 4.21. The molecule has 0 saturated heterocycles. The lowest BCUT2D eigenvalue weighted by Gasteiger charge is -2.13. The molecule has 6 heteroatoms. The van der Waals surface area contributed by atoms with Crippen molar-refractivity contribution in [1.82, 2.24) is 20.1 Å². The van der Waals surface area contributed by atoms with Crippen molar-refractivity contribution in [2.24, 2.45) is 7.05 Å². The van der Waals surface area contributed by atoms with Gasteiger partial charge in [0.05, 0.1) is 12.2 Å². The topological polar surface area (TPSA) is 79.8 Å². The molecule has 0 unspecified atom stereocenters. The molecule has 2 heterocycles. The van der Waals surface area contributed by atoms with Crippen LogP contribution in [0.4, 0.5) is 0 Å². The van der Waals surface area contributed by atoms with Crippen LogP contribution in [0.2, 0.25) is 0 Å². The molecule has 0 aliphatic rings. The van der Waals surface area contributed by atoms with Gasteiger partial charge in [0, 0.05) is 29.6 Å². The van der Waals surface area contributed by atoms with Crippen molar-refractivity contribution in [2.45, 2.75) is 40.7 Å². The lowest BCUT2D eigenvalue weighted by molar-refractivity contribution is 0.0934. The first kappa shape index (κ1) is 16.0. The Bertz CT molecular complexity index is 740. The van der Waals surface area contributed by atoms with Crippen molar-refractivity contribution in [3.63, 3.8) is 0 Å². The summed E-state index contributed by atoms with van der Waals surface area (Å²) in [6.45, 7) is 8.97. The van der Waals surface area contributed by atoms with Crippen molar-refractivity contribution in [2.75, 3.05) is 0 Å². The van der Waals surface area contributed by atoms with Crippen LogP contribution >= 0.6 is 0 Å². The van der Waals surface area contributed by atoms with E-state index in [1.165, 1.54) is 6.92 Å². The van der Waals surface area contributed by atoms with E-state index in [0.717, 1.165) is 17.0 Å². The van der Waals surface area contributed by atoms with Gasteiger partial charge in [0.2, 0.25) is 0 Å². The number of carbonyl (C=O) groups excluding carboxylic acids is 2. The van der Waals surface area contributed by atoms with Crippen LogP contribution < -0.4 is 5.32 Å². The minimum atomic E-state index is -0.219. The maximum absolute atomic E-state index is 12.5. The number of aromatic nitrogens is 3. The maximum Gasteiger partial charge on any atom is 0.268 e. The SMILES string of the molecule is CC(=O)c1c(C)[nH]c(C(=O)N[C@@H](C)c2cnn(C)c2C)c1C. The minimum absolute atomic E-state index is 0.0403. The van der Waals surface area contributed by atoms with Crippen molar-refractivity contribution < 1.29 is 9.59 Å². The Labute approximate surface area is 129 Å². The number of aryl methyl sites for hydroxylation is 2. The highest BCUT2D eigenvalue weighted by molar-refractivity contribution is 6.02. The summed E-state index contributed by atoms with van der Waals surface area (Å²) in [5, 5.41) is 7.14. The fourth-order valence-electron chi connectivity index (χ4n) is 2.79. The average molecular weight is 302 g/mol. The molecule has 22 heavy (non-hydrogen) atoms. The van der Waals surface area contributed by atoms with E-state index in [1.807, 2.05) is 20.9 Å². The molecular formula is C16H22N4O2. The molecule has 0 aromatic carbocycles. The van der Waals surface area contributed by atoms with Crippen molar-refractivity contribution in [1.29, 1.82) is 0 Å². The second-order valence-corrected chi connectivity index (χ2v) is 5.69. The number of ketones is 1. The molecule has 0 bridgehead atoms. The van der Waals surface area contributed by atoms with Gasteiger partial charge in [-0.05, 0) is 40.2 Å². The average Bonchev–Trinajstić information content (AvgIpc) is 2.90. The van der Waals surface area contributed by atoms with Crippen molar-refractivity contribution >= 4 is 11.7 Å². The highest BCUT2D eigenvalue weighted by Gasteiger charge is 2.22. The molecule has 2 N–H and O–H groups in total. The number of nitrogens with one attached hydrogen (secondary N) is 2. The molecule has 6 nitrogen and oxygen atoms in total. The molecule has 2 aromatic rings. The fraction of sp³-hybridized carbons (Fsp3) is 0.438. The standard InChI is InChI=1S/C16H22N4O2/c1-8-14(12(5)21)10(3)18-15(8)16(22)19-9(2)13-7-17-20(6)11(13)4/h7,9,18H,1-6H3,(H,19,22)/t9-/m0/s1. The van der Waals surface area contributed by atoms with Gasteiger partial charge in [-0.3, -0.25) is 14.3 Å². The van der Waals surface area contributed by atoms with E-state index in [9.17, 15) is 9.59 Å². The Morgan fingerprint density at radius 3 is 2.41 bits per heavy atom. The maximum atomic E-state index is 12.5. The van der Waals surface area contributed by atoms with Gasteiger partial charge in [0.15, 0.2) is 5.78 Å². The summed E-state index contributed by atoms with van der Waals surface area (Å²) in [4.78, 5) is 27.1. The second-order valence-electron chi connectivity index (χ2n) is 5.69. The van der Waals surface area contributed by atoms with E-state index in [0.29, 0.717) is 16.8 Å². The lowest BCUT2D eigenvalue weighted by atomic mass is 10.1. The van der Waals surface area contributed by atoms with Gasteiger partial charge in [-0.1, -0.05) is 0 Å². The molecule has 1 atom stereocenters. The van der Waals surface area contributed by atoms with Crippen LogP contribution in [0.15, 0.2) is 6.20 Å². The Morgan fingerprint density at radius 2 is 1.95 bits per heavy atom. The van der Waals surface area contributed by atoms with E-state index in [-0.39, 0.29) is 17.7 Å². The Hall–Kier alpha value is -2.37. The third-order valence-corrected chi connectivity index (χ3v) is 4.10. The molecule has 0 aliphatic carbocycles. The number of nitrogens with zero attached hydrogens (tertiary/aromatic N) is 2. The molecule has 2 rings (SSSR count). The van der Waals surface area contributed by atoms with Gasteiger partial charge in [0.25, 0.3) is 5.91 Å². The van der Waals surface area contributed by atoms with Gasteiger partial charge in [-0.15, -0.1) is 0 Å². The van der Waals surface area contributed by atoms with Crippen LogP contribution in [0.3, 0.4) is 0 Å². The molecule has 0 fully saturated rings. The molecule has 0 aliphatic heterocycles. The highest BCUT2D eigenvalue weighted by Crippen LogP contribution is 2.20. The zero-order valence-electron chi connectivity index (χ0n) is 13.9. The zero-order valence-corrected chi connectivity index (χ0v) is 13.9. The number of rotatable bonds is 4. The normalized spacial score (nSPS) is 12.3. The number of aromatic amines is 1. The van der Waals surface area contributed by atoms with Crippen LogP contribution in [-0.2, 0) is 7.05 Å². The first-order valence-corrected chi connectivity index (χ1v) is 7.23. The fourth-order valence-corrected chi connectivity index (χ4v) is 2.79. The Balaban J connectivity index is 2.25. The smallest absolute Gasteiger partial charge is 0.268 e. The number of amides is 1. The summed E-state index contributed by atoms with van der Waals surface area (Å²) in [5.41, 5.74) is 4.43. The van der Waals surface area contributed by atoms with Crippen LogP contribution in [0, 0.1) is 20.8 Å². The third-order valence-electron chi connectivity index (χ3n) is 4.10. The monoisotopic (exact) mass is 302 g/mol. The molecule has 0 spiro atoms. The summed E-state index contributed by atoms with van der Waals surface area (Å²) < 4.78 is 1.77. The Morgan fingerprint density at radius 1 is 1.32 bits per heavy atom. The molecule has 2 aromatic heterocycles. The zero-order chi connectivity index (χ0) is 16.6. The van der Waals surface area contributed by atoms with Crippen LogP contribution in [0.25, 0.3) is 0 Å². The summed E-state index contributed by atoms with van der Waals surface area (Å²) in [6, 6.07) is -0.162. The van der Waals surface area contributed by atoms with Gasteiger partial charge in [-0.2, -0.15) is 5.10 Å². The van der Waals surface area contributed by atoms with E-state index >= 15 is 0 Å². The third kappa shape index (κ3) is 2.68. The first-order valence-electron chi connectivity index (χ1n) is 7.23. The lowest BCUT2D eigenvalue weighted by Crippen LogP contribution is -2.27. The summed E-state index contributed by atoms with van der Waals surface area (Å²) in [6.07, 6.45) is 1.76. The molecular weight excluding hydrogens is 280 g/mol. The highest BCUT2D eigenvalue weighted by atomic mass is 16.2. The number of Topliss-reactive ketones (excluding diaryl/α,β-unsaturated/α-hetero) is 1. The van der Waals surface area contributed by atoms with Crippen LogP contribution in [0.5, 0.6) is 0 Å². The van der Waals surface area contributed by atoms with E-state index < -0.39 is 0 Å². The second kappa shape index (κ2) is 5.79. The number of H-pyrrole nitrogens is 1. The number of carbonyl (C=O) groups is 2. The van der Waals surface area contributed by atoms with E-state index in [4.69, 9.17) is 0 Å². The summed E-state index contributed by atoms with van der Waals surface area (Å²) in [5.74, 6) is -0.259. The molecule has 0 saturated carbocycles. The van der Waals surface area contributed by atoms with Crippen molar-refractivity contribution in [3.05, 3.63) is 40.0 Å². The first-order chi connectivity index (χ1) is 10.2. The number of hydrogen-bond donors (Lipinski definition) is 2. The van der Waals surface area contributed by atoms with Gasteiger partial charge in [0.1, 0.15) is 5.69 Å². The van der Waals surface area contributed by atoms with Gasteiger partial charge >= 0.3 is 0 Å². The molecule has 118 valence electrons. The van der Waals surface area contributed by atoms with E-state index in [2.05, 4.69) is 15.4 Å². The van der Waals surface area contributed by atoms with Crippen LogP contribution in [0.1, 0.15) is 63.3 Å². The predicted molar refractivity (Wildman–Crippen MR) is 84.1 cm³/mol.